The van der Waals surface area contributed by atoms with E-state index in [1.54, 1.807) is 10.3 Å². The molecule has 1 aliphatic heterocycles. The van der Waals surface area contributed by atoms with Crippen LogP contribution in [-0.2, 0) is 19.1 Å². The molecule has 0 saturated carbocycles. The third kappa shape index (κ3) is 5.11. The summed E-state index contributed by atoms with van der Waals surface area (Å²) in [7, 11) is 1.15. The lowest BCUT2D eigenvalue weighted by Crippen LogP contribution is -2.35. The first kappa shape index (κ1) is 20.0. The van der Waals surface area contributed by atoms with Crippen LogP contribution in [0.1, 0.15) is 21.9 Å². The van der Waals surface area contributed by atoms with Gasteiger partial charge in [-0.05, 0) is 12.0 Å². The van der Waals surface area contributed by atoms with Gasteiger partial charge in [-0.25, -0.2) is 9.78 Å². The summed E-state index contributed by atoms with van der Waals surface area (Å²) >= 11 is 1.29. The van der Waals surface area contributed by atoms with Crippen molar-refractivity contribution in [2.75, 3.05) is 20.2 Å². The quantitative estimate of drug-likeness (QED) is 0.396. The van der Waals surface area contributed by atoms with Gasteiger partial charge in [-0.3, -0.25) is 14.4 Å². The maximum Gasteiger partial charge on any atom is 0.353 e. The summed E-state index contributed by atoms with van der Waals surface area (Å²) in [6, 6.07) is 0. The highest BCUT2D eigenvalue weighted by Crippen LogP contribution is 2.25. The fourth-order valence-electron chi connectivity index (χ4n) is 2.14. The van der Waals surface area contributed by atoms with Crippen molar-refractivity contribution in [2.24, 2.45) is 0 Å². The minimum atomic E-state index is -0.805. The van der Waals surface area contributed by atoms with Crippen LogP contribution in [0.2, 0.25) is 0 Å². The second kappa shape index (κ2) is 8.90. The zero-order valence-corrected chi connectivity index (χ0v) is 15.4. The summed E-state index contributed by atoms with van der Waals surface area (Å²) in [6.07, 6.45) is 3.33. The molecule has 2 N–H and O–H groups in total. The van der Waals surface area contributed by atoms with Crippen LogP contribution < -0.4 is 10.6 Å². The Labute approximate surface area is 159 Å². The van der Waals surface area contributed by atoms with Gasteiger partial charge in [-0.15, -0.1) is 11.3 Å². The first-order valence-electron chi connectivity index (χ1n) is 7.78. The predicted octanol–water partition coefficient (Wildman–Crippen LogP) is 0.435. The van der Waals surface area contributed by atoms with E-state index in [-0.39, 0.29) is 17.1 Å². The number of esters is 1. The van der Waals surface area contributed by atoms with E-state index in [9.17, 15) is 19.2 Å². The predicted molar refractivity (Wildman–Crippen MR) is 98.2 cm³/mol. The standard InChI is InChI=1S/C17H18N4O5S/c1-10(14(23)19-11(2)17(25)26-3)18-15(24)13-8-27-16(20-13)12-4-6-21(9-22)7-5-12/h4,8-9H,1-2,5-7H2,3H3,(H,18,24)(H,19,23). The lowest BCUT2D eigenvalue weighted by molar-refractivity contribution is -0.137. The molecule has 0 bridgehead atoms. The van der Waals surface area contributed by atoms with E-state index in [0.29, 0.717) is 24.5 Å². The molecule has 2 rings (SSSR count). The number of nitrogens with zero attached hydrogens (tertiary/aromatic N) is 2. The number of rotatable bonds is 7. The Kier molecular flexibility index (Phi) is 6.61. The van der Waals surface area contributed by atoms with E-state index in [0.717, 1.165) is 19.1 Å². The third-order valence-electron chi connectivity index (χ3n) is 3.64. The van der Waals surface area contributed by atoms with Gasteiger partial charge >= 0.3 is 5.97 Å². The van der Waals surface area contributed by atoms with Crippen molar-refractivity contribution >= 4 is 41.1 Å². The molecule has 0 spiro atoms. The van der Waals surface area contributed by atoms with Gasteiger partial charge < -0.3 is 20.3 Å². The summed E-state index contributed by atoms with van der Waals surface area (Å²) in [5.74, 6) is -2.20. The van der Waals surface area contributed by atoms with Crippen molar-refractivity contribution in [1.82, 2.24) is 20.5 Å². The van der Waals surface area contributed by atoms with E-state index in [2.05, 4.69) is 33.5 Å². The number of ether oxygens (including phenoxy) is 1. The molecule has 0 fully saturated rings. The molecule has 0 aliphatic carbocycles. The maximum absolute atomic E-state index is 12.2. The Bertz CT molecular complexity index is 842. The van der Waals surface area contributed by atoms with Crippen LogP contribution in [0.5, 0.6) is 0 Å². The van der Waals surface area contributed by atoms with Gasteiger partial charge in [-0.2, -0.15) is 0 Å². The van der Waals surface area contributed by atoms with Gasteiger partial charge in [0.1, 0.15) is 16.4 Å². The molecule has 0 atom stereocenters. The fraction of sp³-hybridized carbons (Fsp3) is 0.235. The highest BCUT2D eigenvalue weighted by molar-refractivity contribution is 7.11. The lowest BCUT2D eigenvalue weighted by Gasteiger charge is -2.21. The molecule has 0 unspecified atom stereocenters. The zero-order chi connectivity index (χ0) is 20.0. The summed E-state index contributed by atoms with van der Waals surface area (Å²) in [5, 5.41) is 6.74. The number of hydrogen-bond acceptors (Lipinski definition) is 7. The SMILES string of the molecule is C=C(NC(=O)c1csc(C2=CCN(C=O)CC2)n1)C(=O)NC(=C)C(=O)OC. The summed E-state index contributed by atoms with van der Waals surface area (Å²) < 4.78 is 4.41. The average molecular weight is 390 g/mol. The van der Waals surface area contributed by atoms with Gasteiger partial charge in [0.2, 0.25) is 6.41 Å². The van der Waals surface area contributed by atoms with E-state index in [4.69, 9.17) is 0 Å². The van der Waals surface area contributed by atoms with Crippen LogP contribution in [0.4, 0.5) is 0 Å². The lowest BCUT2D eigenvalue weighted by atomic mass is 10.1. The second-order valence-corrected chi connectivity index (χ2v) is 6.33. The Hall–Kier alpha value is -3.27. The molecule has 27 heavy (non-hydrogen) atoms. The molecule has 1 aromatic heterocycles. The van der Waals surface area contributed by atoms with E-state index >= 15 is 0 Å². The molecule has 0 saturated heterocycles. The van der Waals surface area contributed by atoms with Crippen LogP contribution in [0, 0.1) is 0 Å². The summed E-state index contributed by atoms with van der Waals surface area (Å²) in [5.41, 5.74) is 0.554. The molecular weight excluding hydrogens is 372 g/mol. The maximum atomic E-state index is 12.2. The topological polar surface area (TPSA) is 118 Å². The Morgan fingerprint density at radius 3 is 2.63 bits per heavy atom. The number of aromatic nitrogens is 1. The number of hydrogen-bond donors (Lipinski definition) is 2. The van der Waals surface area contributed by atoms with Crippen LogP contribution in [0.25, 0.3) is 5.57 Å². The van der Waals surface area contributed by atoms with Gasteiger partial charge in [0, 0.05) is 18.5 Å². The van der Waals surface area contributed by atoms with Crippen molar-refractivity contribution in [3.8, 4) is 0 Å². The molecule has 0 radical (unpaired) electrons. The number of methoxy groups -OCH3 is 1. The number of thiazole rings is 1. The normalized spacial score (nSPS) is 13.2. The smallest absolute Gasteiger partial charge is 0.353 e. The first-order valence-corrected chi connectivity index (χ1v) is 8.66. The van der Waals surface area contributed by atoms with E-state index in [1.807, 2.05) is 6.08 Å². The van der Waals surface area contributed by atoms with Crippen LogP contribution in [-0.4, -0.2) is 54.3 Å². The van der Waals surface area contributed by atoms with Crippen molar-refractivity contribution in [3.05, 3.63) is 46.7 Å². The first-order chi connectivity index (χ1) is 12.8. The number of carbonyl (C=O) groups excluding carboxylic acids is 4. The molecule has 2 heterocycles. The minimum absolute atomic E-state index is 0.134. The van der Waals surface area contributed by atoms with Gasteiger partial charge in [-0.1, -0.05) is 19.2 Å². The number of carbonyl (C=O) groups is 4. The molecule has 9 nitrogen and oxygen atoms in total. The third-order valence-corrected chi connectivity index (χ3v) is 4.55. The van der Waals surface area contributed by atoms with E-state index < -0.39 is 17.8 Å². The Morgan fingerprint density at radius 2 is 2.04 bits per heavy atom. The van der Waals surface area contributed by atoms with Crippen molar-refractivity contribution in [2.45, 2.75) is 6.42 Å². The summed E-state index contributed by atoms with van der Waals surface area (Å²) in [6.45, 7) is 7.91. The van der Waals surface area contributed by atoms with Crippen molar-refractivity contribution in [1.29, 1.82) is 0 Å². The molecule has 0 aromatic carbocycles. The minimum Gasteiger partial charge on any atom is -0.464 e. The van der Waals surface area contributed by atoms with Crippen molar-refractivity contribution < 1.29 is 23.9 Å². The number of amides is 3. The molecule has 1 aromatic rings. The monoisotopic (exact) mass is 390 g/mol. The highest BCUT2D eigenvalue weighted by Gasteiger charge is 2.19. The van der Waals surface area contributed by atoms with Crippen molar-refractivity contribution in [3.63, 3.8) is 0 Å². The Balaban J connectivity index is 1.96. The van der Waals surface area contributed by atoms with Crippen LogP contribution >= 0.6 is 11.3 Å². The van der Waals surface area contributed by atoms with E-state index in [1.165, 1.54) is 11.3 Å². The zero-order valence-electron chi connectivity index (χ0n) is 14.6. The van der Waals surface area contributed by atoms with Gasteiger partial charge in [0.15, 0.2) is 0 Å². The fourth-order valence-corrected chi connectivity index (χ4v) is 3.02. The summed E-state index contributed by atoms with van der Waals surface area (Å²) in [4.78, 5) is 52.0. The van der Waals surface area contributed by atoms with Crippen LogP contribution in [0.3, 0.4) is 0 Å². The second-order valence-electron chi connectivity index (χ2n) is 5.47. The molecule has 1 aliphatic rings. The van der Waals surface area contributed by atoms with Crippen LogP contribution in [0.15, 0.2) is 36.0 Å². The molecule has 142 valence electrons. The molecular formula is C17H18N4O5S. The van der Waals surface area contributed by atoms with Gasteiger partial charge in [0.05, 0.1) is 12.8 Å². The highest BCUT2D eigenvalue weighted by atomic mass is 32.1. The molecule has 10 heteroatoms. The molecule has 3 amide bonds. The average Bonchev–Trinajstić information content (AvgIpc) is 3.17. The number of nitrogens with one attached hydrogen (secondary N) is 2. The Morgan fingerprint density at radius 1 is 1.30 bits per heavy atom. The van der Waals surface area contributed by atoms with Gasteiger partial charge in [0.25, 0.3) is 11.8 Å². The largest absolute Gasteiger partial charge is 0.464 e.